The molecule has 19 heavy (non-hydrogen) atoms. The molecule has 0 bridgehead atoms. The molecular formula is C19H34. The van der Waals surface area contributed by atoms with E-state index in [1.807, 2.05) is 0 Å². The van der Waals surface area contributed by atoms with Crippen LogP contribution in [-0.2, 0) is 0 Å². The Bertz CT molecular complexity index is 261. The highest BCUT2D eigenvalue weighted by Crippen LogP contribution is 2.47. The van der Waals surface area contributed by atoms with Crippen LogP contribution < -0.4 is 0 Å². The van der Waals surface area contributed by atoms with Crippen LogP contribution in [0.3, 0.4) is 0 Å². The van der Waals surface area contributed by atoms with Gasteiger partial charge in [0.2, 0.25) is 0 Å². The Morgan fingerprint density at radius 1 is 0.737 bits per heavy atom. The summed E-state index contributed by atoms with van der Waals surface area (Å²) in [7, 11) is 0. The Labute approximate surface area is 120 Å². The van der Waals surface area contributed by atoms with Crippen molar-refractivity contribution in [2.45, 2.75) is 90.4 Å². The Morgan fingerprint density at radius 3 is 2.26 bits per heavy atom. The Morgan fingerprint density at radius 2 is 1.42 bits per heavy atom. The van der Waals surface area contributed by atoms with Crippen LogP contribution in [0.2, 0.25) is 0 Å². The summed E-state index contributed by atoms with van der Waals surface area (Å²) < 4.78 is 0. The SMILES string of the molecule is CC(CC1CCCC2CCCCC21)C1CCCCC1. The third kappa shape index (κ3) is 3.37. The van der Waals surface area contributed by atoms with Gasteiger partial charge >= 0.3 is 0 Å². The number of fused-ring (bicyclic) bond motifs is 1. The van der Waals surface area contributed by atoms with Crippen LogP contribution in [0.5, 0.6) is 0 Å². The molecule has 0 aromatic carbocycles. The minimum absolute atomic E-state index is 1.02. The molecule has 110 valence electrons. The first-order chi connectivity index (χ1) is 9.34. The summed E-state index contributed by atoms with van der Waals surface area (Å²) in [5.74, 6) is 5.47. The Hall–Kier alpha value is 0. The van der Waals surface area contributed by atoms with E-state index < -0.39 is 0 Å². The van der Waals surface area contributed by atoms with Gasteiger partial charge in [-0.15, -0.1) is 0 Å². The summed E-state index contributed by atoms with van der Waals surface area (Å²) in [5, 5.41) is 0. The van der Waals surface area contributed by atoms with Gasteiger partial charge in [0.05, 0.1) is 0 Å². The van der Waals surface area contributed by atoms with E-state index in [-0.39, 0.29) is 0 Å². The van der Waals surface area contributed by atoms with Crippen molar-refractivity contribution in [3.05, 3.63) is 0 Å². The van der Waals surface area contributed by atoms with Gasteiger partial charge in [-0.05, 0) is 42.4 Å². The molecule has 3 aliphatic rings. The largest absolute Gasteiger partial charge is 0.0622 e. The predicted molar refractivity (Wildman–Crippen MR) is 83.1 cm³/mol. The van der Waals surface area contributed by atoms with Crippen LogP contribution >= 0.6 is 0 Å². The van der Waals surface area contributed by atoms with Crippen molar-refractivity contribution in [2.75, 3.05) is 0 Å². The zero-order valence-electron chi connectivity index (χ0n) is 13.1. The second-order valence-corrected chi connectivity index (χ2v) is 8.01. The zero-order chi connectivity index (χ0) is 13.1. The van der Waals surface area contributed by atoms with E-state index in [1.54, 1.807) is 51.4 Å². The lowest BCUT2D eigenvalue weighted by Gasteiger charge is -2.43. The number of hydrogen-bond acceptors (Lipinski definition) is 0. The predicted octanol–water partition coefficient (Wildman–Crippen LogP) is 6.20. The fourth-order valence-corrected chi connectivity index (χ4v) is 5.74. The van der Waals surface area contributed by atoms with Crippen molar-refractivity contribution in [3.63, 3.8) is 0 Å². The van der Waals surface area contributed by atoms with Gasteiger partial charge in [0, 0.05) is 0 Å². The van der Waals surface area contributed by atoms with Gasteiger partial charge in [0.1, 0.15) is 0 Å². The molecule has 0 amide bonds. The quantitative estimate of drug-likeness (QED) is 0.568. The van der Waals surface area contributed by atoms with E-state index >= 15 is 0 Å². The molecule has 0 aromatic heterocycles. The number of hydrogen-bond donors (Lipinski definition) is 0. The average molecular weight is 262 g/mol. The van der Waals surface area contributed by atoms with Crippen molar-refractivity contribution in [3.8, 4) is 0 Å². The van der Waals surface area contributed by atoms with Crippen LogP contribution in [0.15, 0.2) is 0 Å². The minimum Gasteiger partial charge on any atom is -0.0622 e. The minimum atomic E-state index is 1.02. The molecule has 4 unspecified atom stereocenters. The van der Waals surface area contributed by atoms with Crippen molar-refractivity contribution >= 4 is 0 Å². The molecule has 3 aliphatic carbocycles. The highest BCUT2D eigenvalue weighted by Gasteiger charge is 2.36. The summed E-state index contributed by atoms with van der Waals surface area (Å²) in [6, 6.07) is 0. The van der Waals surface area contributed by atoms with Gasteiger partial charge in [-0.3, -0.25) is 0 Å². The molecule has 3 rings (SSSR count). The second-order valence-electron chi connectivity index (χ2n) is 8.01. The molecule has 4 atom stereocenters. The molecule has 3 fully saturated rings. The lowest BCUT2D eigenvalue weighted by molar-refractivity contribution is 0.0763. The molecule has 0 heterocycles. The summed E-state index contributed by atoms with van der Waals surface area (Å²) >= 11 is 0. The van der Waals surface area contributed by atoms with Gasteiger partial charge in [-0.25, -0.2) is 0 Å². The number of rotatable bonds is 3. The van der Waals surface area contributed by atoms with Gasteiger partial charge in [-0.1, -0.05) is 77.6 Å². The monoisotopic (exact) mass is 262 g/mol. The summed E-state index contributed by atoms with van der Waals surface area (Å²) in [6.45, 7) is 2.59. The van der Waals surface area contributed by atoms with Gasteiger partial charge in [0.15, 0.2) is 0 Å². The van der Waals surface area contributed by atoms with Crippen LogP contribution in [0.25, 0.3) is 0 Å². The first-order valence-electron chi connectivity index (χ1n) is 9.34. The van der Waals surface area contributed by atoms with Crippen molar-refractivity contribution in [2.24, 2.45) is 29.6 Å². The first-order valence-corrected chi connectivity index (χ1v) is 9.34. The van der Waals surface area contributed by atoms with Crippen LogP contribution in [0, 0.1) is 29.6 Å². The highest BCUT2D eigenvalue weighted by atomic mass is 14.4. The van der Waals surface area contributed by atoms with Crippen LogP contribution in [0.1, 0.15) is 90.4 Å². The molecule has 0 radical (unpaired) electrons. The van der Waals surface area contributed by atoms with E-state index in [4.69, 9.17) is 0 Å². The zero-order valence-corrected chi connectivity index (χ0v) is 13.1. The fourth-order valence-electron chi connectivity index (χ4n) is 5.74. The van der Waals surface area contributed by atoms with Gasteiger partial charge < -0.3 is 0 Å². The lowest BCUT2D eigenvalue weighted by Crippen LogP contribution is -2.33. The summed E-state index contributed by atoms with van der Waals surface area (Å²) in [4.78, 5) is 0. The molecule has 0 aliphatic heterocycles. The average Bonchev–Trinajstić information content (AvgIpc) is 2.48. The third-order valence-electron chi connectivity index (χ3n) is 6.85. The fraction of sp³-hybridized carbons (Fsp3) is 1.00. The maximum Gasteiger partial charge on any atom is -0.0357 e. The molecule has 0 N–H and O–H groups in total. The summed E-state index contributed by atoms with van der Waals surface area (Å²) in [5.41, 5.74) is 0. The first kappa shape index (κ1) is 14.0. The van der Waals surface area contributed by atoms with Crippen molar-refractivity contribution in [1.82, 2.24) is 0 Å². The Balaban J connectivity index is 1.55. The van der Waals surface area contributed by atoms with Crippen LogP contribution in [0.4, 0.5) is 0 Å². The van der Waals surface area contributed by atoms with Crippen LogP contribution in [-0.4, -0.2) is 0 Å². The van der Waals surface area contributed by atoms with E-state index in [9.17, 15) is 0 Å². The molecule has 0 nitrogen and oxygen atoms in total. The van der Waals surface area contributed by atoms with Crippen molar-refractivity contribution in [1.29, 1.82) is 0 Å². The molecule has 0 saturated heterocycles. The maximum absolute atomic E-state index is 2.59. The van der Waals surface area contributed by atoms with Gasteiger partial charge in [-0.2, -0.15) is 0 Å². The molecule has 0 heteroatoms. The van der Waals surface area contributed by atoms with Gasteiger partial charge in [0.25, 0.3) is 0 Å². The lowest BCUT2D eigenvalue weighted by atomic mass is 9.62. The normalized spacial score (nSPS) is 38.7. The maximum atomic E-state index is 2.59. The molecular weight excluding hydrogens is 228 g/mol. The van der Waals surface area contributed by atoms with E-state index in [0.29, 0.717) is 0 Å². The molecule has 0 aromatic rings. The second kappa shape index (κ2) is 6.64. The van der Waals surface area contributed by atoms with E-state index in [1.165, 1.54) is 32.1 Å². The van der Waals surface area contributed by atoms with E-state index in [2.05, 4.69) is 6.92 Å². The van der Waals surface area contributed by atoms with Crippen molar-refractivity contribution < 1.29 is 0 Å². The summed E-state index contributed by atoms with van der Waals surface area (Å²) in [6.07, 6.45) is 20.1. The highest BCUT2D eigenvalue weighted by molar-refractivity contribution is 4.87. The topological polar surface area (TPSA) is 0 Å². The molecule has 0 spiro atoms. The molecule has 3 saturated carbocycles. The smallest absolute Gasteiger partial charge is 0.0357 e. The Kier molecular flexibility index (Phi) is 4.87. The van der Waals surface area contributed by atoms with E-state index in [0.717, 1.165) is 29.6 Å². The standard InChI is InChI=1S/C19H34/c1-15(16-8-3-2-4-9-16)14-18-12-7-11-17-10-5-6-13-19(17)18/h15-19H,2-14H2,1H3. The third-order valence-corrected chi connectivity index (χ3v) is 6.85.